The highest BCUT2D eigenvalue weighted by atomic mass is 16.2. The van der Waals surface area contributed by atoms with E-state index in [0.717, 1.165) is 5.39 Å². The van der Waals surface area contributed by atoms with Gasteiger partial charge in [0.15, 0.2) is 0 Å². The summed E-state index contributed by atoms with van der Waals surface area (Å²) >= 11 is 0. The molecule has 0 radical (unpaired) electrons. The number of carbonyl (C=O) groups excluding carboxylic acids is 1. The van der Waals surface area contributed by atoms with Gasteiger partial charge in [-0.1, -0.05) is 18.2 Å². The average Bonchev–Trinajstić information content (AvgIpc) is 2.48. The summed E-state index contributed by atoms with van der Waals surface area (Å²) in [5, 5.41) is 13.0. The fraction of sp³-hybridized carbons (Fsp3) is 0.312. The molecule has 0 saturated carbocycles. The van der Waals surface area contributed by atoms with E-state index in [-0.39, 0.29) is 24.6 Å². The number of nitrogens with zero attached hydrogens (tertiary/aromatic N) is 2. The SMILES string of the molecule is CC(C)(C#N)CNC(=O)Cn1ccc2ccccc2c1=O. The van der Waals surface area contributed by atoms with Gasteiger partial charge in [0.25, 0.3) is 5.56 Å². The number of pyridine rings is 1. The molecule has 0 atom stereocenters. The van der Waals surface area contributed by atoms with E-state index in [4.69, 9.17) is 5.26 Å². The van der Waals surface area contributed by atoms with Crippen LogP contribution >= 0.6 is 0 Å². The first-order chi connectivity index (χ1) is 9.93. The van der Waals surface area contributed by atoms with Crippen LogP contribution in [0.3, 0.4) is 0 Å². The molecule has 1 aromatic carbocycles. The summed E-state index contributed by atoms with van der Waals surface area (Å²) in [6.45, 7) is 3.70. The fourth-order valence-electron chi connectivity index (χ4n) is 1.92. The molecule has 2 rings (SSSR count). The van der Waals surface area contributed by atoms with Crippen LogP contribution in [0.1, 0.15) is 13.8 Å². The zero-order valence-electron chi connectivity index (χ0n) is 12.1. The zero-order chi connectivity index (χ0) is 15.5. The molecule has 0 unspecified atom stereocenters. The molecule has 1 N–H and O–H groups in total. The molecule has 21 heavy (non-hydrogen) atoms. The van der Waals surface area contributed by atoms with E-state index in [0.29, 0.717) is 5.39 Å². The van der Waals surface area contributed by atoms with Crippen LogP contribution in [0.25, 0.3) is 10.8 Å². The lowest BCUT2D eigenvalue weighted by Gasteiger charge is -2.16. The second kappa shape index (κ2) is 5.80. The molecular weight excluding hydrogens is 266 g/mol. The van der Waals surface area contributed by atoms with E-state index in [1.165, 1.54) is 4.57 Å². The highest BCUT2D eigenvalue weighted by Crippen LogP contribution is 2.10. The maximum Gasteiger partial charge on any atom is 0.258 e. The lowest BCUT2D eigenvalue weighted by molar-refractivity contribution is -0.122. The fourth-order valence-corrected chi connectivity index (χ4v) is 1.92. The van der Waals surface area contributed by atoms with Crippen molar-refractivity contribution >= 4 is 16.7 Å². The highest BCUT2D eigenvalue weighted by Gasteiger charge is 2.17. The lowest BCUT2D eigenvalue weighted by Crippen LogP contribution is -2.37. The molecule has 0 aliphatic heterocycles. The van der Waals surface area contributed by atoms with Crippen molar-refractivity contribution in [2.75, 3.05) is 6.54 Å². The molecule has 0 spiro atoms. The Hall–Kier alpha value is -2.61. The van der Waals surface area contributed by atoms with Crippen molar-refractivity contribution in [1.82, 2.24) is 9.88 Å². The molecule has 1 aromatic heterocycles. The van der Waals surface area contributed by atoms with Crippen LogP contribution in [0.4, 0.5) is 0 Å². The number of nitrogens with one attached hydrogen (secondary N) is 1. The summed E-state index contributed by atoms with van der Waals surface area (Å²) in [6, 6.07) is 11.2. The number of benzene rings is 1. The number of rotatable bonds is 4. The van der Waals surface area contributed by atoms with Gasteiger partial charge >= 0.3 is 0 Å². The molecule has 1 heterocycles. The number of aromatic nitrogens is 1. The predicted molar refractivity (Wildman–Crippen MR) is 80.6 cm³/mol. The average molecular weight is 283 g/mol. The molecule has 0 aliphatic carbocycles. The van der Waals surface area contributed by atoms with Crippen molar-refractivity contribution in [3.05, 3.63) is 46.9 Å². The summed E-state index contributed by atoms with van der Waals surface area (Å²) in [7, 11) is 0. The predicted octanol–water partition coefficient (Wildman–Crippen LogP) is 1.67. The maximum absolute atomic E-state index is 12.3. The molecule has 0 saturated heterocycles. The molecule has 108 valence electrons. The van der Waals surface area contributed by atoms with Crippen LogP contribution in [-0.4, -0.2) is 17.0 Å². The van der Waals surface area contributed by atoms with Gasteiger partial charge in [-0.05, 0) is 31.4 Å². The Bertz CT molecular complexity index is 769. The third-order valence-corrected chi connectivity index (χ3v) is 3.23. The Morgan fingerprint density at radius 2 is 2.05 bits per heavy atom. The molecule has 5 heteroatoms. The summed E-state index contributed by atoms with van der Waals surface area (Å²) in [5.74, 6) is -0.282. The van der Waals surface area contributed by atoms with Crippen molar-refractivity contribution in [3.63, 3.8) is 0 Å². The Balaban J connectivity index is 2.14. The van der Waals surface area contributed by atoms with Gasteiger partial charge < -0.3 is 9.88 Å². The van der Waals surface area contributed by atoms with Crippen LogP contribution in [0.2, 0.25) is 0 Å². The smallest absolute Gasteiger partial charge is 0.258 e. The van der Waals surface area contributed by atoms with Gasteiger partial charge in [-0.25, -0.2) is 0 Å². The minimum absolute atomic E-state index is 0.0504. The van der Waals surface area contributed by atoms with Gasteiger partial charge in [-0.15, -0.1) is 0 Å². The van der Waals surface area contributed by atoms with Crippen molar-refractivity contribution in [2.24, 2.45) is 5.41 Å². The van der Waals surface area contributed by atoms with E-state index in [1.807, 2.05) is 18.2 Å². The third-order valence-electron chi connectivity index (χ3n) is 3.23. The molecule has 5 nitrogen and oxygen atoms in total. The minimum Gasteiger partial charge on any atom is -0.353 e. The van der Waals surface area contributed by atoms with Crippen LogP contribution < -0.4 is 10.9 Å². The van der Waals surface area contributed by atoms with Gasteiger partial charge in [0.1, 0.15) is 6.54 Å². The largest absolute Gasteiger partial charge is 0.353 e. The molecule has 1 amide bonds. The maximum atomic E-state index is 12.3. The number of carbonyl (C=O) groups is 1. The van der Waals surface area contributed by atoms with Crippen molar-refractivity contribution in [3.8, 4) is 6.07 Å². The molecule has 0 aliphatic rings. The first kappa shape index (κ1) is 14.8. The summed E-state index contributed by atoms with van der Waals surface area (Å²) in [4.78, 5) is 24.1. The number of hydrogen-bond acceptors (Lipinski definition) is 3. The normalized spacial score (nSPS) is 11.1. The monoisotopic (exact) mass is 283 g/mol. The number of nitriles is 1. The zero-order valence-corrected chi connectivity index (χ0v) is 12.1. The first-order valence-electron chi connectivity index (χ1n) is 6.69. The molecule has 0 fully saturated rings. The van der Waals surface area contributed by atoms with E-state index in [1.54, 1.807) is 32.2 Å². The molecule has 0 bridgehead atoms. The molecule has 2 aromatic rings. The van der Waals surface area contributed by atoms with Crippen molar-refractivity contribution in [1.29, 1.82) is 5.26 Å². The van der Waals surface area contributed by atoms with Gasteiger partial charge in [-0.2, -0.15) is 5.26 Å². The Labute approximate surface area is 122 Å². The number of amides is 1. The molecular formula is C16H17N3O2. The van der Waals surface area contributed by atoms with E-state index in [2.05, 4.69) is 11.4 Å². The van der Waals surface area contributed by atoms with Gasteiger partial charge in [0.05, 0.1) is 11.5 Å². The summed E-state index contributed by atoms with van der Waals surface area (Å²) in [5.41, 5.74) is -0.813. The van der Waals surface area contributed by atoms with Crippen molar-refractivity contribution in [2.45, 2.75) is 20.4 Å². The Morgan fingerprint density at radius 3 is 2.76 bits per heavy atom. The second-order valence-electron chi connectivity index (χ2n) is 5.61. The van der Waals surface area contributed by atoms with Crippen LogP contribution in [0, 0.1) is 16.7 Å². The Kier molecular flexibility index (Phi) is 4.08. The summed E-state index contributed by atoms with van der Waals surface area (Å²) in [6.07, 6.45) is 1.61. The highest BCUT2D eigenvalue weighted by molar-refractivity contribution is 5.82. The van der Waals surface area contributed by atoms with E-state index in [9.17, 15) is 9.59 Å². The number of fused-ring (bicyclic) bond motifs is 1. The van der Waals surface area contributed by atoms with E-state index >= 15 is 0 Å². The summed E-state index contributed by atoms with van der Waals surface area (Å²) < 4.78 is 1.37. The number of hydrogen-bond donors (Lipinski definition) is 1. The van der Waals surface area contributed by atoms with Gasteiger partial charge in [0, 0.05) is 18.1 Å². The quantitative estimate of drug-likeness (QED) is 0.927. The van der Waals surface area contributed by atoms with Crippen LogP contribution in [0.15, 0.2) is 41.3 Å². The Morgan fingerprint density at radius 1 is 1.33 bits per heavy atom. The second-order valence-corrected chi connectivity index (χ2v) is 5.61. The minimum atomic E-state index is -0.621. The van der Waals surface area contributed by atoms with Crippen LogP contribution in [-0.2, 0) is 11.3 Å². The van der Waals surface area contributed by atoms with Gasteiger partial charge in [-0.3, -0.25) is 9.59 Å². The standard InChI is InChI=1S/C16H17N3O2/c1-16(2,10-17)11-18-14(20)9-19-8-7-12-5-3-4-6-13(12)15(19)21/h3-8H,9,11H2,1-2H3,(H,18,20). The van der Waals surface area contributed by atoms with E-state index < -0.39 is 5.41 Å². The first-order valence-corrected chi connectivity index (χ1v) is 6.69. The third kappa shape index (κ3) is 3.48. The topological polar surface area (TPSA) is 74.9 Å². The van der Waals surface area contributed by atoms with Crippen LogP contribution in [0.5, 0.6) is 0 Å². The van der Waals surface area contributed by atoms with Crippen molar-refractivity contribution < 1.29 is 4.79 Å². The lowest BCUT2D eigenvalue weighted by atomic mass is 9.96. The van der Waals surface area contributed by atoms with Gasteiger partial charge in [0.2, 0.25) is 5.91 Å².